The second-order valence-corrected chi connectivity index (χ2v) is 4.19. The number of hydrogen-bond acceptors (Lipinski definition) is 3. The quantitative estimate of drug-likeness (QED) is 0.695. The SMILES string of the molecule is Cc1ccccc1SC1C=CC(=O)O1. The van der Waals surface area contributed by atoms with Crippen LogP contribution >= 0.6 is 11.8 Å². The lowest BCUT2D eigenvalue weighted by molar-refractivity contribution is -0.135. The van der Waals surface area contributed by atoms with E-state index in [9.17, 15) is 4.79 Å². The Morgan fingerprint density at radius 1 is 1.36 bits per heavy atom. The van der Waals surface area contributed by atoms with Crippen LogP contribution in [0.2, 0.25) is 0 Å². The predicted molar refractivity (Wildman–Crippen MR) is 56.1 cm³/mol. The van der Waals surface area contributed by atoms with Gasteiger partial charge in [-0.2, -0.15) is 0 Å². The van der Waals surface area contributed by atoms with Gasteiger partial charge in [-0.3, -0.25) is 0 Å². The lowest BCUT2D eigenvalue weighted by Crippen LogP contribution is -2.02. The number of cyclic esters (lactones) is 1. The first-order chi connectivity index (χ1) is 6.75. The van der Waals surface area contributed by atoms with Gasteiger partial charge in [-0.25, -0.2) is 4.79 Å². The number of thioether (sulfide) groups is 1. The van der Waals surface area contributed by atoms with Crippen LogP contribution in [0.4, 0.5) is 0 Å². The number of rotatable bonds is 2. The molecule has 1 aliphatic heterocycles. The topological polar surface area (TPSA) is 26.3 Å². The highest BCUT2D eigenvalue weighted by molar-refractivity contribution is 8.00. The fraction of sp³-hybridized carbons (Fsp3) is 0.182. The minimum Gasteiger partial charge on any atom is -0.443 e. The van der Waals surface area contributed by atoms with Crippen molar-refractivity contribution in [3.8, 4) is 0 Å². The zero-order chi connectivity index (χ0) is 9.97. The predicted octanol–water partition coefficient (Wildman–Crippen LogP) is 2.53. The second-order valence-electron chi connectivity index (χ2n) is 3.05. The highest BCUT2D eigenvalue weighted by atomic mass is 32.2. The fourth-order valence-electron chi connectivity index (χ4n) is 1.23. The number of carbonyl (C=O) groups is 1. The fourth-order valence-corrected chi connectivity index (χ4v) is 2.19. The molecule has 0 N–H and O–H groups in total. The van der Waals surface area contributed by atoms with Gasteiger partial charge in [0, 0.05) is 11.0 Å². The van der Waals surface area contributed by atoms with Crippen molar-refractivity contribution in [2.24, 2.45) is 0 Å². The summed E-state index contributed by atoms with van der Waals surface area (Å²) in [4.78, 5) is 12.0. The smallest absolute Gasteiger partial charge is 0.332 e. The van der Waals surface area contributed by atoms with Crippen LogP contribution in [0.1, 0.15) is 5.56 Å². The molecule has 0 saturated carbocycles. The van der Waals surface area contributed by atoms with Crippen LogP contribution in [0.15, 0.2) is 41.3 Å². The van der Waals surface area contributed by atoms with E-state index in [0.717, 1.165) is 4.90 Å². The van der Waals surface area contributed by atoms with E-state index < -0.39 is 0 Å². The van der Waals surface area contributed by atoms with Crippen molar-refractivity contribution in [1.82, 2.24) is 0 Å². The van der Waals surface area contributed by atoms with Gasteiger partial charge < -0.3 is 4.74 Å². The van der Waals surface area contributed by atoms with Crippen LogP contribution in [0.5, 0.6) is 0 Å². The van der Waals surface area contributed by atoms with Gasteiger partial charge in [-0.15, -0.1) is 0 Å². The van der Waals surface area contributed by atoms with E-state index in [4.69, 9.17) is 4.74 Å². The van der Waals surface area contributed by atoms with Crippen LogP contribution in [0.3, 0.4) is 0 Å². The Hall–Kier alpha value is -1.22. The van der Waals surface area contributed by atoms with Gasteiger partial charge in [0.2, 0.25) is 0 Å². The monoisotopic (exact) mass is 206 g/mol. The van der Waals surface area contributed by atoms with Crippen LogP contribution in [-0.2, 0) is 9.53 Å². The van der Waals surface area contributed by atoms with Crippen LogP contribution < -0.4 is 0 Å². The number of ether oxygens (including phenoxy) is 1. The number of carbonyl (C=O) groups excluding carboxylic acids is 1. The van der Waals surface area contributed by atoms with E-state index in [1.165, 1.54) is 11.6 Å². The van der Waals surface area contributed by atoms with Crippen LogP contribution in [-0.4, -0.2) is 11.4 Å². The molecule has 0 aliphatic carbocycles. The summed E-state index contributed by atoms with van der Waals surface area (Å²) >= 11 is 1.55. The highest BCUT2D eigenvalue weighted by Crippen LogP contribution is 2.29. The summed E-state index contributed by atoms with van der Waals surface area (Å²) in [5, 5.41) is 0. The molecule has 1 aliphatic rings. The molecule has 2 nitrogen and oxygen atoms in total. The average molecular weight is 206 g/mol. The molecule has 0 aromatic heterocycles. The number of benzene rings is 1. The van der Waals surface area contributed by atoms with Crippen LogP contribution in [0.25, 0.3) is 0 Å². The maximum atomic E-state index is 10.8. The molecule has 0 fully saturated rings. The number of esters is 1. The van der Waals surface area contributed by atoms with E-state index >= 15 is 0 Å². The van der Waals surface area contributed by atoms with Crippen molar-refractivity contribution < 1.29 is 9.53 Å². The largest absolute Gasteiger partial charge is 0.443 e. The van der Waals surface area contributed by atoms with Gasteiger partial charge in [0.15, 0.2) is 5.44 Å². The lowest BCUT2D eigenvalue weighted by Gasteiger charge is -2.09. The Bertz CT molecular complexity index is 385. The van der Waals surface area contributed by atoms with Gasteiger partial charge in [-0.1, -0.05) is 30.0 Å². The molecule has 1 aromatic carbocycles. The summed E-state index contributed by atoms with van der Waals surface area (Å²) in [5.41, 5.74) is 1.04. The molecule has 14 heavy (non-hydrogen) atoms. The van der Waals surface area contributed by atoms with E-state index in [0.29, 0.717) is 0 Å². The summed E-state index contributed by atoms with van der Waals surface area (Å²) in [6, 6.07) is 8.05. The highest BCUT2D eigenvalue weighted by Gasteiger charge is 2.17. The number of aryl methyl sites for hydroxylation is 1. The summed E-state index contributed by atoms with van der Waals surface area (Å²) in [6.07, 6.45) is 3.25. The molecule has 0 bridgehead atoms. The summed E-state index contributed by atoms with van der Waals surface area (Å²) in [7, 11) is 0. The van der Waals surface area contributed by atoms with Gasteiger partial charge in [0.25, 0.3) is 0 Å². The van der Waals surface area contributed by atoms with E-state index in [-0.39, 0.29) is 11.4 Å². The van der Waals surface area contributed by atoms with Crippen molar-refractivity contribution in [1.29, 1.82) is 0 Å². The molecule has 1 unspecified atom stereocenters. The third-order valence-corrected chi connectivity index (χ3v) is 3.16. The second kappa shape index (κ2) is 3.88. The molecule has 1 aromatic rings. The average Bonchev–Trinajstić information content (AvgIpc) is 2.56. The molecule has 1 heterocycles. The van der Waals surface area contributed by atoms with Gasteiger partial charge in [-0.05, 0) is 24.6 Å². The Morgan fingerprint density at radius 3 is 2.79 bits per heavy atom. The van der Waals surface area contributed by atoms with Crippen molar-refractivity contribution >= 4 is 17.7 Å². The third-order valence-electron chi connectivity index (χ3n) is 1.96. The molecule has 1 atom stereocenters. The Labute approximate surface area is 87.0 Å². The van der Waals surface area contributed by atoms with E-state index in [1.54, 1.807) is 17.8 Å². The molecule has 72 valence electrons. The third kappa shape index (κ3) is 1.99. The van der Waals surface area contributed by atoms with Crippen LogP contribution in [0, 0.1) is 6.92 Å². The first-order valence-electron chi connectivity index (χ1n) is 4.37. The molecule has 3 heteroatoms. The molecule has 0 saturated heterocycles. The molecular formula is C11H10O2S. The van der Waals surface area contributed by atoms with Crippen molar-refractivity contribution in [3.05, 3.63) is 42.0 Å². The first kappa shape index (κ1) is 9.34. The van der Waals surface area contributed by atoms with Crippen molar-refractivity contribution in [3.63, 3.8) is 0 Å². The Morgan fingerprint density at radius 2 is 2.14 bits per heavy atom. The summed E-state index contributed by atoms with van der Waals surface area (Å²) < 4.78 is 5.03. The standard InChI is InChI=1S/C11H10O2S/c1-8-4-2-3-5-9(8)14-11-7-6-10(12)13-11/h2-7,11H,1H3. The molecule has 0 radical (unpaired) electrons. The zero-order valence-electron chi connectivity index (χ0n) is 7.77. The zero-order valence-corrected chi connectivity index (χ0v) is 8.58. The molecule has 2 rings (SSSR count). The molecule has 0 amide bonds. The lowest BCUT2D eigenvalue weighted by atomic mass is 10.2. The first-order valence-corrected chi connectivity index (χ1v) is 5.25. The molecular weight excluding hydrogens is 196 g/mol. The summed E-state index contributed by atoms with van der Waals surface area (Å²) in [5.74, 6) is -0.254. The van der Waals surface area contributed by atoms with Crippen molar-refractivity contribution in [2.75, 3.05) is 0 Å². The van der Waals surface area contributed by atoms with Gasteiger partial charge >= 0.3 is 5.97 Å². The van der Waals surface area contributed by atoms with Crippen molar-refractivity contribution in [2.45, 2.75) is 17.3 Å². The normalized spacial score (nSPS) is 19.8. The maximum absolute atomic E-state index is 10.8. The minimum absolute atomic E-state index is 0.163. The van der Waals surface area contributed by atoms with Gasteiger partial charge in [0.1, 0.15) is 0 Å². The van der Waals surface area contributed by atoms with Gasteiger partial charge in [0.05, 0.1) is 0 Å². The number of hydrogen-bond donors (Lipinski definition) is 0. The van der Waals surface area contributed by atoms with E-state index in [1.807, 2.05) is 31.2 Å². The Kier molecular flexibility index (Phi) is 2.59. The molecule has 0 spiro atoms. The summed E-state index contributed by atoms with van der Waals surface area (Å²) in [6.45, 7) is 2.04. The van der Waals surface area contributed by atoms with E-state index in [2.05, 4.69) is 0 Å². The Balaban J connectivity index is 2.08. The maximum Gasteiger partial charge on any atom is 0.332 e. The minimum atomic E-state index is -0.254.